The molecule has 2 aromatic carbocycles. The van der Waals surface area contributed by atoms with Crippen molar-refractivity contribution in [2.45, 2.75) is 6.92 Å². The number of halogens is 2. The number of benzene rings is 2. The van der Waals surface area contributed by atoms with Gasteiger partial charge in [-0.2, -0.15) is 0 Å². The molecule has 156 valence electrons. The van der Waals surface area contributed by atoms with Crippen LogP contribution in [0.5, 0.6) is 0 Å². The smallest absolute Gasteiger partial charge is 0.338 e. The number of aromatic nitrogens is 2. The Morgan fingerprint density at radius 3 is 2.68 bits per heavy atom. The summed E-state index contributed by atoms with van der Waals surface area (Å²) >= 11 is 12.4. The molecule has 0 unspecified atom stereocenters. The first-order valence-electron chi connectivity index (χ1n) is 9.39. The zero-order chi connectivity index (χ0) is 22.0. The van der Waals surface area contributed by atoms with E-state index in [1.807, 2.05) is 0 Å². The Labute approximate surface area is 187 Å². The summed E-state index contributed by atoms with van der Waals surface area (Å²) in [5.74, 6) is 0.904. The Morgan fingerprint density at radius 1 is 1.16 bits per heavy atom. The van der Waals surface area contributed by atoms with Gasteiger partial charge in [0.25, 0.3) is 5.56 Å². The highest BCUT2D eigenvalue weighted by Crippen LogP contribution is 2.26. The Balaban J connectivity index is 1.60. The van der Waals surface area contributed by atoms with Gasteiger partial charge in [-0.05, 0) is 49.4 Å². The average Bonchev–Trinajstić information content (AvgIpc) is 3.22. The summed E-state index contributed by atoms with van der Waals surface area (Å²) in [6.07, 6.45) is 1.56. The van der Waals surface area contributed by atoms with E-state index in [4.69, 9.17) is 32.4 Å². The molecule has 4 rings (SSSR count). The molecule has 4 aromatic rings. The van der Waals surface area contributed by atoms with E-state index in [-0.39, 0.29) is 22.4 Å². The maximum absolute atomic E-state index is 12.3. The largest absolute Gasteiger partial charge is 0.462 e. The number of fused-ring (bicyclic) bond motifs is 1. The molecule has 0 bridgehead atoms. The van der Waals surface area contributed by atoms with Gasteiger partial charge in [0.15, 0.2) is 5.82 Å². The lowest BCUT2D eigenvalue weighted by Gasteiger charge is -2.03. The summed E-state index contributed by atoms with van der Waals surface area (Å²) < 4.78 is 10.8. The van der Waals surface area contributed by atoms with Gasteiger partial charge in [0.2, 0.25) is 0 Å². The maximum Gasteiger partial charge on any atom is 0.338 e. The van der Waals surface area contributed by atoms with E-state index in [1.165, 1.54) is 0 Å². The molecule has 0 spiro atoms. The van der Waals surface area contributed by atoms with Crippen LogP contribution in [0.15, 0.2) is 63.8 Å². The lowest BCUT2D eigenvalue weighted by atomic mass is 10.1. The summed E-state index contributed by atoms with van der Waals surface area (Å²) in [5.41, 5.74) is 1.38. The summed E-state index contributed by atoms with van der Waals surface area (Å²) in [6, 6.07) is 15.3. The summed E-state index contributed by atoms with van der Waals surface area (Å²) in [5, 5.41) is 1.10. The molecule has 2 aromatic heterocycles. The molecule has 6 nitrogen and oxygen atoms in total. The third-order valence-corrected chi connectivity index (χ3v) is 4.99. The van der Waals surface area contributed by atoms with Gasteiger partial charge in [0.1, 0.15) is 11.5 Å². The normalized spacial score (nSPS) is 11.6. The zero-order valence-electron chi connectivity index (χ0n) is 16.3. The van der Waals surface area contributed by atoms with Crippen molar-refractivity contribution < 1.29 is 13.9 Å². The molecular weight excluding hydrogens is 439 g/mol. The van der Waals surface area contributed by atoms with Crippen LogP contribution in [0.3, 0.4) is 0 Å². The van der Waals surface area contributed by atoms with Crippen LogP contribution in [-0.4, -0.2) is 22.5 Å². The summed E-state index contributed by atoms with van der Waals surface area (Å²) in [6.45, 7) is 2.08. The van der Waals surface area contributed by atoms with Crippen LogP contribution in [-0.2, 0) is 4.74 Å². The molecule has 0 aliphatic heterocycles. The average molecular weight is 455 g/mol. The molecule has 0 fully saturated rings. The van der Waals surface area contributed by atoms with Crippen molar-refractivity contribution in [3.8, 4) is 11.3 Å². The van der Waals surface area contributed by atoms with Crippen LogP contribution in [0.2, 0.25) is 5.02 Å². The SMILES string of the molecule is CCOC(=O)c1ccc(-c2ccc(/C=C(\Cl)c3nc4cc(Cl)ccc4c(=O)[nH]3)o2)cc1. The molecule has 31 heavy (non-hydrogen) atoms. The minimum absolute atomic E-state index is 0.206. The highest BCUT2D eigenvalue weighted by Gasteiger charge is 2.11. The van der Waals surface area contributed by atoms with Gasteiger partial charge in [-0.25, -0.2) is 9.78 Å². The fraction of sp³-hybridized carbons (Fsp3) is 0.0870. The minimum Gasteiger partial charge on any atom is -0.462 e. The number of aromatic amines is 1. The Hall–Kier alpha value is -3.35. The summed E-state index contributed by atoms with van der Waals surface area (Å²) in [4.78, 5) is 31.1. The highest BCUT2D eigenvalue weighted by molar-refractivity contribution is 6.50. The van der Waals surface area contributed by atoms with Gasteiger partial charge in [0, 0.05) is 16.7 Å². The number of hydrogen-bond acceptors (Lipinski definition) is 5. The molecular formula is C23H16Cl2N2O4. The number of furan rings is 1. The molecule has 2 heterocycles. The molecule has 0 aliphatic carbocycles. The molecule has 0 radical (unpaired) electrons. The molecule has 0 saturated carbocycles. The predicted molar refractivity (Wildman–Crippen MR) is 121 cm³/mol. The first kappa shape index (κ1) is 20.9. The van der Waals surface area contributed by atoms with Crippen LogP contribution in [0.25, 0.3) is 33.3 Å². The fourth-order valence-corrected chi connectivity index (χ4v) is 3.35. The highest BCUT2D eigenvalue weighted by atomic mass is 35.5. The lowest BCUT2D eigenvalue weighted by molar-refractivity contribution is 0.0526. The first-order chi connectivity index (χ1) is 14.9. The summed E-state index contributed by atoms with van der Waals surface area (Å²) in [7, 11) is 0. The van der Waals surface area contributed by atoms with Gasteiger partial charge in [-0.15, -0.1) is 0 Å². The van der Waals surface area contributed by atoms with Gasteiger partial charge >= 0.3 is 5.97 Å². The van der Waals surface area contributed by atoms with Crippen molar-refractivity contribution in [3.05, 3.63) is 87.1 Å². The number of hydrogen-bond donors (Lipinski definition) is 1. The van der Waals surface area contributed by atoms with Gasteiger partial charge in [-0.3, -0.25) is 4.79 Å². The molecule has 8 heteroatoms. The number of carbonyl (C=O) groups excluding carboxylic acids is 1. The van der Waals surface area contributed by atoms with E-state index < -0.39 is 0 Å². The van der Waals surface area contributed by atoms with E-state index in [1.54, 1.807) is 67.6 Å². The Bertz CT molecular complexity index is 1350. The van der Waals surface area contributed by atoms with Crippen molar-refractivity contribution in [3.63, 3.8) is 0 Å². The lowest BCUT2D eigenvalue weighted by Crippen LogP contribution is -2.10. The molecule has 1 N–H and O–H groups in total. The predicted octanol–water partition coefficient (Wildman–Crippen LogP) is 5.75. The third-order valence-electron chi connectivity index (χ3n) is 4.47. The quantitative estimate of drug-likeness (QED) is 0.388. The van der Waals surface area contributed by atoms with E-state index in [9.17, 15) is 9.59 Å². The second kappa shape index (κ2) is 8.79. The van der Waals surface area contributed by atoms with Crippen LogP contribution < -0.4 is 5.56 Å². The van der Waals surface area contributed by atoms with Crippen molar-refractivity contribution in [2.75, 3.05) is 6.61 Å². The van der Waals surface area contributed by atoms with Crippen molar-refractivity contribution in [2.24, 2.45) is 0 Å². The second-order valence-corrected chi connectivity index (χ2v) is 7.41. The van der Waals surface area contributed by atoms with Gasteiger partial charge < -0.3 is 14.1 Å². The zero-order valence-corrected chi connectivity index (χ0v) is 17.8. The minimum atomic E-state index is -0.373. The Kier molecular flexibility index (Phi) is 5.93. The van der Waals surface area contributed by atoms with Gasteiger partial charge in [-0.1, -0.05) is 35.3 Å². The Morgan fingerprint density at radius 2 is 1.94 bits per heavy atom. The first-order valence-corrected chi connectivity index (χ1v) is 10.1. The van der Waals surface area contributed by atoms with E-state index >= 15 is 0 Å². The fourth-order valence-electron chi connectivity index (χ4n) is 2.99. The van der Waals surface area contributed by atoms with Crippen LogP contribution in [0.1, 0.15) is 28.9 Å². The number of nitrogens with one attached hydrogen (secondary N) is 1. The van der Waals surface area contributed by atoms with Crippen LogP contribution in [0, 0.1) is 0 Å². The number of carbonyl (C=O) groups is 1. The van der Waals surface area contributed by atoms with Crippen molar-refractivity contribution in [1.29, 1.82) is 0 Å². The number of nitrogens with zero attached hydrogens (tertiary/aromatic N) is 1. The number of rotatable bonds is 5. The van der Waals surface area contributed by atoms with Gasteiger partial charge in [0.05, 0.1) is 28.1 Å². The maximum atomic E-state index is 12.3. The van der Waals surface area contributed by atoms with Crippen LogP contribution in [0.4, 0.5) is 0 Å². The molecule has 0 atom stereocenters. The van der Waals surface area contributed by atoms with E-state index in [0.29, 0.717) is 39.6 Å². The standard InChI is InChI=1S/C23H16Cl2N2O4/c1-2-30-23(29)14-5-3-13(4-6-14)20-10-8-16(31-20)12-18(25)21-26-19-11-15(24)7-9-17(19)22(28)27-21/h3-12H,2H2,1H3,(H,26,27,28)/b18-12-. The topological polar surface area (TPSA) is 85.2 Å². The van der Waals surface area contributed by atoms with E-state index in [2.05, 4.69) is 9.97 Å². The van der Waals surface area contributed by atoms with Crippen molar-refractivity contribution >= 4 is 51.2 Å². The van der Waals surface area contributed by atoms with Crippen molar-refractivity contribution in [1.82, 2.24) is 9.97 Å². The second-order valence-electron chi connectivity index (χ2n) is 6.57. The number of esters is 1. The van der Waals surface area contributed by atoms with Crippen LogP contribution >= 0.6 is 23.2 Å². The number of H-pyrrole nitrogens is 1. The monoisotopic (exact) mass is 454 g/mol. The molecule has 0 aliphatic rings. The molecule has 0 amide bonds. The number of ether oxygens (including phenoxy) is 1. The third kappa shape index (κ3) is 4.55. The van der Waals surface area contributed by atoms with E-state index in [0.717, 1.165) is 5.56 Å². The molecule has 0 saturated heterocycles.